The van der Waals surface area contributed by atoms with Crippen LogP contribution in [0.4, 0.5) is 0 Å². The van der Waals surface area contributed by atoms with Crippen molar-refractivity contribution in [2.45, 2.75) is 84.3 Å². The fraction of sp³-hybridized carbons (Fsp3) is 0.679. The van der Waals surface area contributed by atoms with E-state index in [2.05, 4.69) is 13.8 Å². The Hall–Kier alpha value is -2.17. The van der Waals surface area contributed by atoms with Crippen LogP contribution in [0.15, 0.2) is 30.3 Å². The van der Waals surface area contributed by atoms with E-state index in [1.807, 2.05) is 18.2 Å². The van der Waals surface area contributed by atoms with Gasteiger partial charge in [0.05, 0.1) is 5.56 Å². The molecule has 5 rings (SSSR count). The highest BCUT2D eigenvalue weighted by Crippen LogP contribution is 2.66. The Balaban J connectivity index is 1.31. The molecule has 0 saturated heterocycles. The lowest BCUT2D eigenvalue weighted by Gasteiger charge is -2.60. The van der Waals surface area contributed by atoms with Gasteiger partial charge in [-0.1, -0.05) is 32.0 Å². The molecule has 4 saturated carbocycles. The van der Waals surface area contributed by atoms with Gasteiger partial charge >= 0.3 is 11.9 Å². The highest BCUT2D eigenvalue weighted by molar-refractivity contribution is 5.89. The molecule has 0 spiro atoms. The fourth-order valence-corrected chi connectivity index (χ4v) is 8.25. The van der Waals surface area contributed by atoms with Crippen molar-refractivity contribution < 1.29 is 23.9 Å². The molecule has 0 amide bonds. The zero-order valence-electron chi connectivity index (χ0n) is 20.0. The number of carbonyl (C=O) groups excluding carboxylic acids is 3. The molecular formula is C28H36O5. The van der Waals surface area contributed by atoms with Gasteiger partial charge in [0.25, 0.3) is 0 Å². The maximum Gasteiger partial charge on any atom is 0.338 e. The summed E-state index contributed by atoms with van der Waals surface area (Å²) in [5.74, 6) is 1.16. The summed E-state index contributed by atoms with van der Waals surface area (Å²) >= 11 is 0. The van der Waals surface area contributed by atoms with E-state index in [9.17, 15) is 14.4 Å². The molecule has 178 valence electrons. The van der Waals surface area contributed by atoms with Gasteiger partial charge in [0.2, 0.25) is 0 Å². The van der Waals surface area contributed by atoms with Crippen LogP contribution in [0.25, 0.3) is 0 Å². The van der Waals surface area contributed by atoms with Crippen molar-refractivity contribution >= 4 is 17.7 Å². The Morgan fingerprint density at radius 1 is 0.909 bits per heavy atom. The maximum atomic E-state index is 13.5. The average Bonchev–Trinajstić information content (AvgIpc) is 3.11. The summed E-state index contributed by atoms with van der Waals surface area (Å²) in [5.41, 5.74) is 0.519. The number of carbonyl (C=O) groups is 3. The van der Waals surface area contributed by atoms with Gasteiger partial charge in [-0.25, -0.2) is 4.79 Å². The van der Waals surface area contributed by atoms with Gasteiger partial charge in [-0.15, -0.1) is 0 Å². The third-order valence-electron chi connectivity index (χ3n) is 9.91. The van der Waals surface area contributed by atoms with Crippen LogP contribution in [0.5, 0.6) is 0 Å². The quantitative estimate of drug-likeness (QED) is 0.577. The summed E-state index contributed by atoms with van der Waals surface area (Å²) in [6.45, 7) is 6.11. The lowest BCUT2D eigenvalue weighted by Crippen LogP contribution is -2.57. The zero-order chi connectivity index (χ0) is 23.4. The second kappa shape index (κ2) is 8.25. The molecule has 0 radical (unpaired) electrons. The van der Waals surface area contributed by atoms with Crippen molar-refractivity contribution in [3.8, 4) is 0 Å². The summed E-state index contributed by atoms with van der Waals surface area (Å²) in [7, 11) is 0. The minimum Gasteiger partial charge on any atom is -0.462 e. The van der Waals surface area contributed by atoms with Crippen LogP contribution in [0, 0.1) is 34.5 Å². The number of esters is 2. The summed E-state index contributed by atoms with van der Waals surface area (Å²) in [5, 5.41) is 0. The molecule has 5 nitrogen and oxygen atoms in total. The largest absolute Gasteiger partial charge is 0.462 e. The molecule has 2 unspecified atom stereocenters. The van der Waals surface area contributed by atoms with E-state index in [4.69, 9.17) is 9.47 Å². The molecule has 8 atom stereocenters. The second-order valence-corrected chi connectivity index (χ2v) is 11.5. The highest BCUT2D eigenvalue weighted by atomic mass is 16.5. The Morgan fingerprint density at radius 2 is 1.61 bits per heavy atom. The summed E-state index contributed by atoms with van der Waals surface area (Å²) in [6.07, 6.45) is 6.90. The normalized spacial score (nSPS) is 42.0. The molecule has 0 heterocycles. The van der Waals surface area contributed by atoms with Crippen molar-refractivity contribution in [2.24, 2.45) is 34.5 Å². The topological polar surface area (TPSA) is 69.7 Å². The van der Waals surface area contributed by atoms with Crippen LogP contribution in [0.1, 0.15) is 82.5 Å². The average molecular weight is 453 g/mol. The van der Waals surface area contributed by atoms with Crippen molar-refractivity contribution in [1.82, 2.24) is 0 Å². The number of benzene rings is 1. The van der Waals surface area contributed by atoms with Crippen LogP contribution < -0.4 is 0 Å². The van der Waals surface area contributed by atoms with Gasteiger partial charge in [0, 0.05) is 24.7 Å². The predicted octanol–water partition coefficient (Wildman–Crippen LogP) is 5.37. The number of hydrogen-bond acceptors (Lipinski definition) is 5. The lowest BCUT2D eigenvalue weighted by molar-refractivity contribution is -0.169. The number of hydrogen-bond donors (Lipinski definition) is 0. The minimum absolute atomic E-state index is 0.0151. The number of rotatable bonds is 3. The third kappa shape index (κ3) is 3.72. The van der Waals surface area contributed by atoms with Crippen LogP contribution in [0.3, 0.4) is 0 Å². The molecule has 5 heteroatoms. The van der Waals surface area contributed by atoms with E-state index in [1.54, 1.807) is 12.1 Å². The molecular weight excluding hydrogens is 416 g/mol. The van der Waals surface area contributed by atoms with E-state index in [1.165, 1.54) is 6.92 Å². The minimum atomic E-state index is -0.291. The first kappa shape index (κ1) is 22.6. The first-order chi connectivity index (χ1) is 15.7. The zero-order valence-corrected chi connectivity index (χ0v) is 20.0. The fourth-order valence-electron chi connectivity index (χ4n) is 8.25. The molecule has 0 bridgehead atoms. The molecule has 4 fully saturated rings. The number of fused-ring (bicyclic) bond motifs is 5. The van der Waals surface area contributed by atoms with E-state index in [0.717, 1.165) is 38.5 Å². The first-order valence-electron chi connectivity index (χ1n) is 12.7. The lowest BCUT2D eigenvalue weighted by atomic mass is 9.45. The van der Waals surface area contributed by atoms with Gasteiger partial charge in [-0.05, 0) is 80.2 Å². The molecule has 0 N–H and O–H groups in total. The Bertz CT molecular complexity index is 941. The molecule has 0 aliphatic heterocycles. The molecule has 1 aromatic carbocycles. The highest BCUT2D eigenvalue weighted by Gasteiger charge is 2.63. The Kier molecular flexibility index (Phi) is 5.65. The van der Waals surface area contributed by atoms with Gasteiger partial charge in [0.1, 0.15) is 18.0 Å². The Labute approximate surface area is 196 Å². The standard InChI is InChI=1S/C28H36O5/c1-17(29)32-25-10-9-21-20-16-24(30)23-15-19(33-26(31)18-7-5-4-6-8-18)11-13-27(23,2)22(20)12-14-28(21,25)3/h4-8,19-23,25H,9-16H2,1-3H3/t19-,20-,21-,22-,23?,25?,27+,28-/m0/s1. The number of ketones is 1. The first-order valence-corrected chi connectivity index (χ1v) is 12.7. The number of ether oxygens (including phenoxy) is 2. The van der Waals surface area contributed by atoms with Crippen LogP contribution in [0.2, 0.25) is 0 Å². The monoisotopic (exact) mass is 452 g/mol. The van der Waals surface area contributed by atoms with E-state index in [-0.39, 0.29) is 40.9 Å². The predicted molar refractivity (Wildman–Crippen MR) is 123 cm³/mol. The van der Waals surface area contributed by atoms with Crippen molar-refractivity contribution in [3.63, 3.8) is 0 Å². The molecule has 0 aromatic heterocycles. The number of Topliss-reactive ketones (excluding diaryl/α,β-unsaturated/α-hetero) is 1. The van der Waals surface area contributed by atoms with Crippen molar-refractivity contribution in [2.75, 3.05) is 0 Å². The van der Waals surface area contributed by atoms with E-state index in [0.29, 0.717) is 41.9 Å². The molecule has 4 aliphatic carbocycles. The summed E-state index contributed by atoms with van der Waals surface area (Å²) in [6, 6.07) is 9.11. The molecule has 33 heavy (non-hydrogen) atoms. The van der Waals surface area contributed by atoms with Crippen LogP contribution in [-0.2, 0) is 19.1 Å². The van der Waals surface area contributed by atoms with Crippen LogP contribution >= 0.6 is 0 Å². The third-order valence-corrected chi connectivity index (χ3v) is 9.91. The van der Waals surface area contributed by atoms with Crippen LogP contribution in [-0.4, -0.2) is 29.9 Å². The summed E-state index contributed by atoms with van der Waals surface area (Å²) < 4.78 is 11.6. The SMILES string of the molecule is CC(=O)OC1CC[C@H]2[C@@H]3CC(=O)C4C[C@@H](OC(=O)c5ccccc5)CC[C@]4(C)[C@H]3CC[C@]12C. The van der Waals surface area contributed by atoms with Gasteiger partial charge < -0.3 is 9.47 Å². The second-order valence-electron chi connectivity index (χ2n) is 11.5. The van der Waals surface area contributed by atoms with Gasteiger partial charge in [-0.2, -0.15) is 0 Å². The summed E-state index contributed by atoms with van der Waals surface area (Å²) in [4.78, 5) is 37.8. The maximum absolute atomic E-state index is 13.5. The van der Waals surface area contributed by atoms with E-state index >= 15 is 0 Å². The smallest absolute Gasteiger partial charge is 0.338 e. The van der Waals surface area contributed by atoms with E-state index < -0.39 is 0 Å². The van der Waals surface area contributed by atoms with Crippen molar-refractivity contribution in [1.29, 1.82) is 0 Å². The molecule has 1 aromatic rings. The molecule has 4 aliphatic rings. The van der Waals surface area contributed by atoms with Gasteiger partial charge in [0.15, 0.2) is 0 Å². The van der Waals surface area contributed by atoms with Gasteiger partial charge in [-0.3, -0.25) is 9.59 Å². The van der Waals surface area contributed by atoms with Crippen molar-refractivity contribution in [3.05, 3.63) is 35.9 Å². The Morgan fingerprint density at radius 3 is 2.33 bits per heavy atom.